The van der Waals surface area contributed by atoms with Crippen LogP contribution in [0.4, 0.5) is 0 Å². The first-order valence-corrected chi connectivity index (χ1v) is 10.4. The molecule has 6 nitrogen and oxygen atoms in total. The van der Waals surface area contributed by atoms with E-state index in [0.717, 1.165) is 45.4 Å². The summed E-state index contributed by atoms with van der Waals surface area (Å²) in [6, 6.07) is 0.634. The lowest BCUT2D eigenvalue weighted by atomic mass is 9.72. The first-order chi connectivity index (χ1) is 13.9. The van der Waals surface area contributed by atoms with E-state index in [0.29, 0.717) is 24.0 Å². The molecule has 1 saturated carbocycles. The van der Waals surface area contributed by atoms with E-state index >= 15 is 0 Å². The van der Waals surface area contributed by atoms with Crippen molar-refractivity contribution in [2.75, 3.05) is 26.7 Å². The van der Waals surface area contributed by atoms with Crippen molar-refractivity contribution in [3.8, 4) is 0 Å². The van der Waals surface area contributed by atoms with E-state index in [1.54, 1.807) is 5.57 Å². The summed E-state index contributed by atoms with van der Waals surface area (Å²) in [5, 5.41) is 16.9. The molecule has 26 heavy (non-hydrogen) atoms. The van der Waals surface area contributed by atoms with Crippen LogP contribution in [-0.4, -0.2) is 57.3 Å². The predicted molar refractivity (Wildman–Crippen MR) is 105 cm³/mol. The van der Waals surface area contributed by atoms with Crippen LogP contribution >= 0.6 is 0 Å². The maximum Gasteiger partial charge on any atom is 0.113 e. The summed E-state index contributed by atoms with van der Waals surface area (Å²) in [6.45, 7) is 2.91. The zero-order valence-corrected chi connectivity index (χ0v) is 15.9. The van der Waals surface area contributed by atoms with Crippen LogP contribution in [0.1, 0.15) is 49.6 Å². The zero-order valence-electron chi connectivity index (χ0n) is 18.9. The van der Waals surface area contributed by atoms with Crippen LogP contribution < -0.4 is 26.6 Å². The Labute approximate surface area is 162 Å². The predicted octanol–water partition coefficient (Wildman–Crippen LogP) is 0.870. The van der Waals surface area contributed by atoms with Gasteiger partial charge < -0.3 is 15.4 Å². The van der Waals surface area contributed by atoms with Gasteiger partial charge in [0.15, 0.2) is 0 Å². The second-order valence-electron chi connectivity index (χ2n) is 8.51. The largest absolute Gasteiger partial charge is 0.377 e. The van der Waals surface area contributed by atoms with Gasteiger partial charge in [0.2, 0.25) is 0 Å². The molecule has 3 heterocycles. The molecule has 7 unspecified atom stereocenters. The Hall–Kier alpha value is -0.500. The first-order valence-electron chi connectivity index (χ1n) is 11.9. The topological polar surface area (TPSA) is 69.4 Å². The van der Waals surface area contributed by atoms with Crippen molar-refractivity contribution in [3.05, 3.63) is 11.6 Å². The van der Waals surface area contributed by atoms with E-state index in [2.05, 4.69) is 39.6 Å². The smallest absolute Gasteiger partial charge is 0.113 e. The minimum Gasteiger partial charge on any atom is -0.377 e. The fourth-order valence-electron chi connectivity index (χ4n) is 5.37. The lowest BCUT2D eigenvalue weighted by Gasteiger charge is -2.43. The Morgan fingerprint density at radius 1 is 1.27 bits per heavy atom. The number of rotatable bonds is 4. The third-order valence-electron chi connectivity index (χ3n) is 6.57. The highest BCUT2D eigenvalue weighted by Crippen LogP contribution is 2.42. The highest BCUT2D eigenvalue weighted by molar-refractivity contribution is 5.15. The lowest BCUT2D eigenvalue weighted by Crippen LogP contribution is -2.68. The standard InChI is InChI=1S/C20H37N5O/c1-13-10-18(21-2)25-20(23-13)24-16-11-15-6-9-26-19(15)17(12-16)14-4-3-7-22-8-5-14/h5,13,15-25H,3-4,6-12H2,1-2H3/i2D3. The van der Waals surface area contributed by atoms with Crippen LogP contribution in [0.5, 0.6) is 0 Å². The average molecular weight is 367 g/mol. The molecule has 0 spiro atoms. The van der Waals surface area contributed by atoms with Gasteiger partial charge in [0, 0.05) is 35.3 Å². The van der Waals surface area contributed by atoms with E-state index in [1.807, 2.05) is 0 Å². The molecule has 148 valence electrons. The quantitative estimate of drug-likeness (QED) is 0.476. The fraction of sp³-hybridized carbons (Fsp3) is 0.900. The van der Waals surface area contributed by atoms with Crippen molar-refractivity contribution in [2.24, 2.45) is 11.8 Å². The van der Waals surface area contributed by atoms with Gasteiger partial charge in [0.05, 0.1) is 12.3 Å². The SMILES string of the molecule is [2H]C([2H])([2H])NC1CC(C)NC(NC2CC3CCOC3C(C3=CCNCCC3)C2)N1. The monoisotopic (exact) mass is 366 g/mol. The van der Waals surface area contributed by atoms with Gasteiger partial charge in [-0.05, 0) is 64.9 Å². The second-order valence-corrected chi connectivity index (χ2v) is 8.51. The molecule has 1 aliphatic carbocycles. The van der Waals surface area contributed by atoms with Gasteiger partial charge in [-0.3, -0.25) is 16.0 Å². The van der Waals surface area contributed by atoms with Gasteiger partial charge in [-0.2, -0.15) is 0 Å². The number of hydrogen-bond donors (Lipinski definition) is 5. The summed E-state index contributed by atoms with van der Waals surface area (Å²) in [5.41, 5.74) is 1.57. The van der Waals surface area contributed by atoms with Crippen molar-refractivity contribution in [1.29, 1.82) is 0 Å². The van der Waals surface area contributed by atoms with Crippen molar-refractivity contribution >= 4 is 0 Å². The Bertz CT molecular complexity index is 587. The summed E-state index contributed by atoms with van der Waals surface area (Å²) in [5.74, 6) is 1.10. The van der Waals surface area contributed by atoms with Crippen LogP contribution in [0, 0.1) is 11.8 Å². The molecule has 6 heteroatoms. The number of ether oxygens (including phenoxy) is 1. The molecule has 4 aliphatic rings. The Morgan fingerprint density at radius 3 is 3.15 bits per heavy atom. The molecule has 0 amide bonds. The highest BCUT2D eigenvalue weighted by Gasteiger charge is 2.43. The average Bonchev–Trinajstić information content (AvgIpc) is 2.92. The third-order valence-corrected chi connectivity index (χ3v) is 6.57. The van der Waals surface area contributed by atoms with Gasteiger partial charge in [-0.25, -0.2) is 0 Å². The summed E-state index contributed by atoms with van der Waals surface area (Å²) >= 11 is 0. The Balaban J connectivity index is 1.40. The van der Waals surface area contributed by atoms with Gasteiger partial charge in [-0.15, -0.1) is 0 Å². The van der Waals surface area contributed by atoms with E-state index in [-0.39, 0.29) is 18.5 Å². The summed E-state index contributed by atoms with van der Waals surface area (Å²) in [6.07, 6.45) is 8.90. The number of fused-ring (bicyclic) bond motifs is 1. The van der Waals surface area contributed by atoms with Crippen molar-refractivity contribution in [1.82, 2.24) is 26.6 Å². The molecule has 2 saturated heterocycles. The van der Waals surface area contributed by atoms with Gasteiger partial charge >= 0.3 is 0 Å². The molecule has 3 fully saturated rings. The molecule has 0 aromatic heterocycles. The van der Waals surface area contributed by atoms with Crippen LogP contribution in [0.15, 0.2) is 11.6 Å². The molecule has 0 aromatic carbocycles. The summed E-state index contributed by atoms with van der Waals surface area (Å²) < 4.78 is 28.7. The van der Waals surface area contributed by atoms with E-state index in [1.165, 1.54) is 12.8 Å². The molecule has 4 rings (SSSR count). The molecule has 0 bridgehead atoms. The van der Waals surface area contributed by atoms with Crippen LogP contribution in [-0.2, 0) is 4.74 Å². The Morgan fingerprint density at radius 2 is 2.23 bits per heavy atom. The minimum atomic E-state index is -2.14. The molecule has 0 radical (unpaired) electrons. The first kappa shape index (κ1) is 15.4. The molecule has 3 aliphatic heterocycles. The summed E-state index contributed by atoms with van der Waals surface area (Å²) in [4.78, 5) is 0. The molecular weight excluding hydrogens is 326 g/mol. The Kier molecular flexibility index (Phi) is 5.15. The normalized spacial score (nSPS) is 46.4. The van der Waals surface area contributed by atoms with E-state index in [4.69, 9.17) is 8.85 Å². The van der Waals surface area contributed by atoms with Crippen molar-refractivity contribution in [3.63, 3.8) is 0 Å². The second kappa shape index (κ2) is 8.67. The van der Waals surface area contributed by atoms with Crippen molar-refractivity contribution in [2.45, 2.75) is 76.1 Å². The summed E-state index contributed by atoms with van der Waals surface area (Å²) in [7, 11) is 0. The van der Waals surface area contributed by atoms with Gasteiger partial charge in [0.25, 0.3) is 0 Å². The molecule has 0 aromatic rings. The van der Waals surface area contributed by atoms with Crippen LogP contribution in [0.25, 0.3) is 0 Å². The van der Waals surface area contributed by atoms with E-state index in [9.17, 15) is 0 Å². The third kappa shape index (κ3) is 4.32. The maximum absolute atomic E-state index is 7.51. The number of nitrogens with one attached hydrogen (secondary N) is 5. The van der Waals surface area contributed by atoms with Crippen molar-refractivity contribution < 1.29 is 8.85 Å². The van der Waals surface area contributed by atoms with Crippen LogP contribution in [0.2, 0.25) is 0 Å². The number of hydrogen-bond acceptors (Lipinski definition) is 6. The molecule has 7 atom stereocenters. The zero-order chi connectivity index (χ0) is 20.4. The van der Waals surface area contributed by atoms with Crippen LogP contribution in [0.3, 0.4) is 0 Å². The highest BCUT2D eigenvalue weighted by atomic mass is 16.5. The fourth-order valence-corrected chi connectivity index (χ4v) is 5.37. The van der Waals surface area contributed by atoms with E-state index < -0.39 is 6.98 Å². The maximum atomic E-state index is 7.51. The van der Waals surface area contributed by atoms with Gasteiger partial charge in [0.1, 0.15) is 6.29 Å². The molecular formula is C20H37N5O. The van der Waals surface area contributed by atoms with Gasteiger partial charge in [-0.1, -0.05) is 11.6 Å². The lowest BCUT2D eigenvalue weighted by molar-refractivity contribution is 0.0177. The minimum absolute atomic E-state index is 0.0899. The molecule has 5 N–H and O–H groups in total.